The fourth-order valence-electron chi connectivity index (χ4n) is 8.24. The van der Waals surface area contributed by atoms with Gasteiger partial charge in [0.25, 0.3) is 0 Å². The van der Waals surface area contributed by atoms with Crippen molar-refractivity contribution in [3.05, 3.63) is 188 Å². The maximum absolute atomic E-state index is 6.34. The third-order valence-electron chi connectivity index (χ3n) is 10.6. The summed E-state index contributed by atoms with van der Waals surface area (Å²) in [6.07, 6.45) is 0. The predicted molar refractivity (Wildman–Crippen MR) is 227 cm³/mol. The average molecular weight is 694 g/mol. The van der Waals surface area contributed by atoms with E-state index in [1.165, 1.54) is 58.4 Å². The maximum atomic E-state index is 6.34. The van der Waals surface area contributed by atoms with E-state index >= 15 is 0 Å². The Morgan fingerprint density at radius 2 is 1.08 bits per heavy atom. The van der Waals surface area contributed by atoms with Crippen molar-refractivity contribution < 1.29 is 4.42 Å². The van der Waals surface area contributed by atoms with Crippen LogP contribution in [0.3, 0.4) is 0 Å². The number of furan rings is 1. The van der Waals surface area contributed by atoms with Crippen LogP contribution in [0.25, 0.3) is 85.9 Å². The van der Waals surface area contributed by atoms with Crippen molar-refractivity contribution in [2.75, 3.05) is 4.90 Å². The molecule has 2 aromatic heterocycles. The molecule has 3 heteroatoms. The van der Waals surface area contributed by atoms with E-state index in [0.29, 0.717) is 0 Å². The van der Waals surface area contributed by atoms with Gasteiger partial charge < -0.3 is 9.32 Å². The topological polar surface area (TPSA) is 16.4 Å². The van der Waals surface area contributed by atoms with Crippen LogP contribution in [-0.2, 0) is 0 Å². The molecule has 0 radical (unpaired) electrons. The van der Waals surface area contributed by atoms with Crippen LogP contribution in [0.1, 0.15) is 0 Å². The first-order valence-corrected chi connectivity index (χ1v) is 18.8. The molecular weight excluding hydrogens is 663 g/mol. The second kappa shape index (κ2) is 11.9. The normalized spacial score (nSPS) is 11.8. The number of hydrogen-bond acceptors (Lipinski definition) is 3. The molecule has 0 N–H and O–H groups in total. The van der Waals surface area contributed by atoms with Crippen LogP contribution in [0.15, 0.2) is 192 Å². The minimum absolute atomic E-state index is 0.883. The molecule has 11 aromatic rings. The number of fused-ring (bicyclic) bond motifs is 9. The van der Waals surface area contributed by atoms with Gasteiger partial charge in [0.2, 0.25) is 0 Å². The van der Waals surface area contributed by atoms with Crippen LogP contribution in [0, 0.1) is 0 Å². The Balaban J connectivity index is 1.26. The van der Waals surface area contributed by atoms with Crippen molar-refractivity contribution in [2.24, 2.45) is 0 Å². The van der Waals surface area contributed by atoms with E-state index in [2.05, 4.69) is 187 Å². The van der Waals surface area contributed by atoms with Crippen molar-refractivity contribution in [3.8, 4) is 22.3 Å². The molecule has 0 aliphatic heterocycles. The molecule has 0 bridgehead atoms. The van der Waals surface area contributed by atoms with Gasteiger partial charge in [0.05, 0.1) is 11.4 Å². The highest BCUT2D eigenvalue weighted by Gasteiger charge is 2.23. The molecule has 0 atom stereocenters. The summed E-state index contributed by atoms with van der Waals surface area (Å²) in [5, 5.41) is 9.74. The number of benzene rings is 9. The van der Waals surface area contributed by atoms with Crippen molar-refractivity contribution in [3.63, 3.8) is 0 Å². The molecule has 0 saturated heterocycles. The third kappa shape index (κ3) is 4.78. The highest BCUT2D eigenvalue weighted by molar-refractivity contribution is 7.26. The molecule has 9 aromatic carbocycles. The van der Waals surface area contributed by atoms with E-state index in [1.807, 2.05) is 17.4 Å². The zero-order valence-corrected chi connectivity index (χ0v) is 29.5. The number of thiophene rings is 1. The average Bonchev–Trinajstić information content (AvgIpc) is 3.80. The van der Waals surface area contributed by atoms with Gasteiger partial charge in [0.15, 0.2) is 0 Å². The molecule has 0 fully saturated rings. The molecule has 0 saturated carbocycles. The summed E-state index contributed by atoms with van der Waals surface area (Å²) in [7, 11) is 0. The lowest BCUT2D eigenvalue weighted by Crippen LogP contribution is -2.12. The largest absolute Gasteiger partial charge is 0.456 e. The molecule has 2 heterocycles. The zero-order valence-electron chi connectivity index (χ0n) is 28.7. The van der Waals surface area contributed by atoms with Crippen LogP contribution in [0.2, 0.25) is 0 Å². The molecule has 2 nitrogen and oxygen atoms in total. The van der Waals surface area contributed by atoms with Crippen molar-refractivity contribution >= 4 is 92.1 Å². The van der Waals surface area contributed by atoms with Crippen LogP contribution in [0.5, 0.6) is 0 Å². The van der Waals surface area contributed by atoms with Gasteiger partial charge >= 0.3 is 0 Å². The predicted octanol–water partition coefficient (Wildman–Crippen LogP) is 15.1. The Bertz CT molecular complexity index is 3190. The smallest absolute Gasteiger partial charge is 0.135 e. The van der Waals surface area contributed by atoms with E-state index in [-0.39, 0.29) is 0 Å². The Hall–Kier alpha value is -6.68. The number of nitrogens with zero attached hydrogens (tertiary/aromatic N) is 1. The summed E-state index contributed by atoms with van der Waals surface area (Å²) in [5.41, 5.74) is 9.82. The lowest BCUT2D eigenvalue weighted by Gasteiger charge is -2.29. The van der Waals surface area contributed by atoms with Crippen molar-refractivity contribution in [1.82, 2.24) is 0 Å². The molecular formula is C50H31NOS. The van der Waals surface area contributed by atoms with Crippen molar-refractivity contribution in [1.29, 1.82) is 0 Å². The number of hydrogen-bond donors (Lipinski definition) is 0. The lowest BCUT2D eigenvalue weighted by molar-refractivity contribution is 0.669. The number of anilines is 3. The SMILES string of the molecule is c1ccc(-c2ccc(-c3cc4ccccc4c4ccccc34)cc2N(c2ccc3oc4ccccc4c3c2)c2cccc3sc4ccccc4c23)cc1. The van der Waals surface area contributed by atoms with Gasteiger partial charge in [0, 0.05) is 42.2 Å². The summed E-state index contributed by atoms with van der Waals surface area (Å²) in [6.45, 7) is 0. The number of rotatable bonds is 5. The van der Waals surface area contributed by atoms with E-state index < -0.39 is 0 Å². The molecule has 248 valence electrons. The van der Waals surface area contributed by atoms with Gasteiger partial charge in [-0.1, -0.05) is 133 Å². The Morgan fingerprint density at radius 1 is 0.377 bits per heavy atom. The monoisotopic (exact) mass is 693 g/mol. The van der Waals surface area contributed by atoms with E-state index in [0.717, 1.165) is 44.6 Å². The lowest BCUT2D eigenvalue weighted by atomic mass is 9.91. The molecule has 0 spiro atoms. The molecule has 11 rings (SSSR count). The highest BCUT2D eigenvalue weighted by atomic mass is 32.1. The minimum Gasteiger partial charge on any atom is -0.456 e. The van der Waals surface area contributed by atoms with Gasteiger partial charge in [-0.05, 0) is 92.8 Å². The molecule has 53 heavy (non-hydrogen) atoms. The molecule has 0 aliphatic rings. The summed E-state index contributed by atoms with van der Waals surface area (Å²) in [6, 6.07) is 68.2. The van der Waals surface area contributed by atoms with Crippen LogP contribution < -0.4 is 4.90 Å². The summed E-state index contributed by atoms with van der Waals surface area (Å²) in [4.78, 5) is 2.48. The van der Waals surface area contributed by atoms with Gasteiger partial charge in [0.1, 0.15) is 11.2 Å². The van der Waals surface area contributed by atoms with Crippen molar-refractivity contribution in [2.45, 2.75) is 0 Å². The van der Waals surface area contributed by atoms with Gasteiger partial charge in [-0.15, -0.1) is 11.3 Å². The first-order valence-electron chi connectivity index (χ1n) is 18.0. The first-order chi connectivity index (χ1) is 26.3. The van der Waals surface area contributed by atoms with Gasteiger partial charge in [-0.3, -0.25) is 0 Å². The number of para-hydroxylation sites is 1. The Labute approximate surface area is 310 Å². The molecule has 0 unspecified atom stereocenters. The highest BCUT2D eigenvalue weighted by Crippen LogP contribution is 2.49. The maximum Gasteiger partial charge on any atom is 0.135 e. The first kappa shape index (κ1) is 30.0. The third-order valence-corrected chi connectivity index (χ3v) is 11.8. The van der Waals surface area contributed by atoms with E-state index in [4.69, 9.17) is 4.42 Å². The van der Waals surface area contributed by atoms with Crippen LogP contribution in [0.4, 0.5) is 17.1 Å². The minimum atomic E-state index is 0.883. The molecule has 0 amide bonds. The Morgan fingerprint density at radius 3 is 1.96 bits per heavy atom. The zero-order chi connectivity index (χ0) is 34.9. The second-order valence-electron chi connectivity index (χ2n) is 13.7. The van der Waals surface area contributed by atoms with Crippen LogP contribution >= 0.6 is 11.3 Å². The summed E-state index contributed by atoms with van der Waals surface area (Å²) in [5.74, 6) is 0. The van der Waals surface area contributed by atoms with E-state index in [9.17, 15) is 0 Å². The summed E-state index contributed by atoms with van der Waals surface area (Å²) >= 11 is 1.85. The van der Waals surface area contributed by atoms with Crippen LogP contribution in [-0.4, -0.2) is 0 Å². The summed E-state index contributed by atoms with van der Waals surface area (Å²) < 4.78 is 8.89. The van der Waals surface area contributed by atoms with Gasteiger partial charge in [-0.2, -0.15) is 0 Å². The Kier molecular flexibility index (Phi) is 6.76. The standard InChI is InChI=1S/C50H31NOS/c1-2-13-32(14-3-1)37-27-25-34(42-29-33-15-4-5-16-36(33)38-17-6-7-18-39(38)42)30-45(37)51(35-26-28-47-43(31-35)40-19-8-10-22-46(40)52-47)44-21-12-24-49-50(44)41-20-9-11-23-48(41)53-49/h1-31H. The van der Waals surface area contributed by atoms with E-state index in [1.54, 1.807) is 0 Å². The molecule has 0 aliphatic carbocycles. The fourth-order valence-corrected chi connectivity index (χ4v) is 9.37. The quantitative estimate of drug-likeness (QED) is 0.167. The van der Waals surface area contributed by atoms with Gasteiger partial charge in [-0.25, -0.2) is 0 Å². The second-order valence-corrected chi connectivity index (χ2v) is 14.7. The fraction of sp³-hybridized carbons (Fsp3) is 0.